The molecule has 1 saturated carbocycles. The molecule has 0 aliphatic heterocycles. The Bertz CT molecular complexity index is 515. The van der Waals surface area contributed by atoms with Crippen molar-refractivity contribution in [3.63, 3.8) is 0 Å². The van der Waals surface area contributed by atoms with Gasteiger partial charge in [0.05, 0.1) is 12.2 Å². The molecule has 2 N–H and O–H groups in total. The molecule has 4 heteroatoms. The quantitative estimate of drug-likeness (QED) is 0.815. The fourth-order valence-electron chi connectivity index (χ4n) is 2.92. The summed E-state index contributed by atoms with van der Waals surface area (Å²) >= 11 is 0. The van der Waals surface area contributed by atoms with Gasteiger partial charge in [-0.15, -0.1) is 0 Å². The van der Waals surface area contributed by atoms with E-state index in [4.69, 9.17) is 5.11 Å². The van der Waals surface area contributed by atoms with Gasteiger partial charge >= 0.3 is 0 Å². The van der Waals surface area contributed by atoms with Crippen LogP contribution in [0.25, 0.3) is 0 Å². The predicted molar refractivity (Wildman–Crippen MR) is 80.1 cm³/mol. The van der Waals surface area contributed by atoms with E-state index in [1.54, 1.807) is 12.1 Å². The van der Waals surface area contributed by atoms with E-state index in [0.29, 0.717) is 24.7 Å². The molecular weight excluding hydrogens is 269 g/mol. The van der Waals surface area contributed by atoms with Crippen molar-refractivity contribution in [2.75, 3.05) is 19.8 Å². The average Bonchev–Trinajstić information content (AvgIpc) is 3.01. The van der Waals surface area contributed by atoms with Crippen molar-refractivity contribution in [1.82, 2.24) is 4.90 Å². The Morgan fingerprint density at radius 2 is 2.00 bits per heavy atom. The Morgan fingerprint density at radius 1 is 1.24 bits per heavy atom. The minimum Gasteiger partial charge on any atom is -0.395 e. The number of benzene rings is 1. The van der Waals surface area contributed by atoms with E-state index in [1.807, 2.05) is 0 Å². The van der Waals surface area contributed by atoms with Gasteiger partial charge < -0.3 is 10.2 Å². The first kappa shape index (κ1) is 16.0. The Labute approximate surface area is 125 Å². The molecule has 0 saturated heterocycles. The molecule has 0 aromatic heterocycles. The van der Waals surface area contributed by atoms with Crippen LogP contribution in [0.15, 0.2) is 18.2 Å². The van der Waals surface area contributed by atoms with Gasteiger partial charge in [0.15, 0.2) is 0 Å². The second-order valence-corrected chi connectivity index (χ2v) is 5.41. The molecule has 0 unspecified atom stereocenters. The van der Waals surface area contributed by atoms with Crippen molar-refractivity contribution in [3.05, 3.63) is 35.1 Å². The van der Waals surface area contributed by atoms with Crippen LogP contribution in [0.4, 0.5) is 4.39 Å². The highest BCUT2D eigenvalue weighted by Crippen LogP contribution is 2.25. The van der Waals surface area contributed by atoms with Crippen LogP contribution >= 0.6 is 0 Å². The summed E-state index contributed by atoms with van der Waals surface area (Å²) in [6.45, 7) is 1.19. The highest BCUT2D eigenvalue weighted by Gasteiger charge is 2.22. The summed E-state index contributed by atoms with van der Waals surface area (Å²) in [5.41, 5.74) is 1.30. The lowest BCUT2D eigenvalue weighted by molar-refractivity contribution is 0.145. The Morgan fingerprint density at radius 3 is 2.67 bits per heavy atom. The highest BCUT2D eigenvalue weighted by atomic mass is 19.1. The monoisotopic (exact) mass is 291 g/mol. The second-order valence-electron chi connectivity index (χ2n) is 5.41. The van der Waals surface area contributed by atoms with Gasteiger partial charge in [0.2, 0.25) is 0 Å². The standard InChI is InChI=1S/C17H22FNO2/c18-17-8-7-14(12-15(17)4-3-10-20)13-19(9-11-21)16-5-1-2-6-16/h7-8,12,16,20-21H,1-2,5-6,9-11,13H2. The second kappa shape index (κ2) is 8.14. The van der Waals surface area contributed by atoms with Gasteiger partial charge in [-0.2, -0.15) is 0 Å². The van der Waals surface area contributed by atoms with Crippen molar-refractivity contribution >= 4 is 0 Å². The van der Waals surface area contributed by atoms with Crippen LogP contribution in [0.3, 0.4) is 0 Å². The largest absolute Gasteiger partial charge is 0.395 e. The number of aliphatic hydroxyl groups is 2. The lowest BCUT2D eigenvalue weighted by Gasteiger charge is -2.28. The molecule has 2 rings (SSSR count). The number of nitrogens with zero attached hydrogens (tertiary/aromatic N) is 1. The van der Waals surface area contributed by atoms with Gasteiger partial charge in [-0.05, 0) is 30.5 Å². The lowest BCUT2D eigenvalue weighted by atomic mass is 10.1. The van der Waals surface area contributed by atoms with E-state index < -0.39 is 0 Å². The Kier molecular flexibility index (Phi) is 6.19. The summed E-state index contributed by atoms with van der Waals surface area (Å²) in [5, 5.41) is 18.0. The fourth-order valence-corrected chi connectivity index (χ4v) is 2.92. The lowest BCUT2D eigenvalue weighted by Crippen LogP contribution is -2.35. The predicted octanol–water partition coefficient (Wildman–Crippen LogP) is 1.91. The van der Waals surface area contributed by atoms with Gasteiger partial charge in [-0.3, -0.25) is 4.90 Å². The Balaban J connectivity index is 2.12. The van der Waals surface area contributed by atoms with Gasteiger partial charge in [0.1, 0.15) is 12.4 Å². The molecule has 1 fully saturated rings. The molecule has 1 aliphatic rings. The smallest absolute Gasteiger partial charge is 0.138 e. The van der Waals surface area contributed by atoms with Crippen LogP contribution in [-0.2, 0) is 6.54 Å². The number of rotatable bonds is 5. The first-order valence-corrected chi connectivity index (χ1v) is 7.47. The number of hydrogen-bond donors (Lipinski definition) is 2. The fraction of sp³-hybridized carbons (Fsp3) is 0.529. The highest BCUT2D eigenvalue weighted by molar-refractivity contribution is 5.38. The molecule has 3 nitrogen and oxygen atoms in total. The van der Waals surface area contributed by atoms with Crippen molar-refractivity contribution in [3.8, 4) is 11.8 Å². The first-order valence-electron chi connectivity index (χ1n) is 7.47. The average molecular weight is 291 g/mol. The van der Waals surface area contributed by atoms with Gasteiger partial charge in [0.25, 0.3) is 0 Å². The Hall–Kier alpha value is -1.41. The molecule has 0 radical (unpaired) electrons. The molecule has 1 aliphatic carbocycles. The molecule has 0 amide bonds. The minimum absolute atomic E-state index is 0.134. The van der Waals surface area contributed by atoms with Crippen LogP contribution in [0, 0.1) is 17.7 Å². The summed E-state index contributed by atoms with van der Waals surface area (Å²) in [4.78, 5) is 2.27. The van der Waals surface area contributed by atoms with Crippen LogP contribution in [0.5, 0.6) is 0 Å². The van der Waals surface area contributed by atoms with E-state index in [9.17, 15) is 9.50 Å². The molecule has 0 heterocycles. The molecule has 1 aromatic rings. The summed E-state index contributed by atoms with van der Waals surface area (Å²) < 4.78 is 13.6. The normalized spacial score (nSPS) is 15.2. The van der Waals surface area contributed by atoms with E-state index in [2.05, 4.69) is 16.7 Å². The van der Waals surface area contributed by atoms with Gasteiger partial charge in [-0.1, -0.05) is 30.7 Å². The summed E-state index contributed by atoms with van der Waals surface area (Å²) in [5.74, 6) is 4.75. The summed E-state index contributed by atoms with van der Waals surface area (Å²) in [6, 6.07) is 5.42. The van der Waals surface area contributed by atoms with Crippen LogP contribution < -0.4 is 0 Å². The van der Waals surface area contributed by atoms with Crippen LogP contribution in [0.2, 0.25) is 0 Å². The van der Waals surface area contributed by atoms with Crippen molar-refractivity contribution in [2.45, 2.75) is 38.3 Å². The summed E-state index contributed by atoms with van der Waals surface area (Å²) in [6.07, 6.45) is 4.81. The first-order chi connectivity index (χ1) is 10.2. The van der Waals surface area contributed by atoms with Crippen molar-refractivity contribution < 1.29 is 14.6 Å². The van der Waals surface area contributed by atoms with Crippen molar-refractivity contribution in [1.29, 1.82) is 0 Å². The zero-order valence-corrected chi connectivity index (χ0v) is 12.2. The molecule has 21 heavy (non-hydrogen) atoms. The van der Waals surface area contributed by atoms with Gasteiger partial charge in [0, 0.05) is 19.1 Å². The molecule has 0 spiro atoms. The zero-order valence-electron chi connectivity index (χ0n) is 12.2. The summed E-state index contributed by atoms with van der Waals surface area (Å²) in [7, 11) is 0. The molecular formula is C17H22FNO2. The molecule has 0 bridgehead atoms. The number of hydrogen-bond acceptors (Lipinski definition) is 3. The third kappa shape index (κ3) is 4.53. The third-order valence-electron chi connectivity index (χ3n) is 3.95. The van der Waals surface area contributed by atoms with E-state index >= 15 is 0 Å². The van der Waals surface area contributed by atoms with Crippen LogP contribution in [-0.4, -0.2) is 40.9 Å². The minimum atomic E-state index is -0.366. The number of aliphatic hydroxyl groups excluding tert-OH is 2. The zero-order chi connectivity index (χ0) is 15.1. The van der Waals surface area contributed by atoms with Crippen molar-refractivity contribution in [2.24, 2.45) is 0 Å². The maximum absolute atomic E-state index is 13.6. The molecule has 114 valence electrons. The SMILES string of the molecule is OCC#Cc1cc(CN(CCO)C2CCCC2)ccc1F. The third-order valence-corrected chi connectivity index (χ3v) is 3.95. The van der Waals surface area contributed by atoms with E-state index in [-0.39, 0.29) is 19.0 Å². The van der Waals surface area contributed by atoms with E-state index in [1.165, 1.54) is 31.7 Å². The topological polar surface area (TPSA) is 43.7 Å². The maximum Gasteiger partial charge on any atom is 0.138 e. The van der Waals surface area contributed by atoms with Crippen LogP contribution in [0.1, 0.15) is 36.8 Å². The maximum atomic E-state index is 13.6. The molecule has 0 atom stereocenters. The van der Waals surface area contributed by atoms with Gasteiger partial charge in [-0.25, -0.2) is 4.39 Å². The van der Waals surface area contributed by atoms with E-state index in [0.717, 1.165) is 5.56 Å². The number of halogens is 1. The molecule has 1 aromatic carbocycles.